The number of hydrogen-bond donors (Lipinski definition) is 2. The highest BCUT2D eigenvalue weighted by atomic mass is 32.2. The molecule has 0 unspecified atom stereocenters. The smallest absolute Gasteiger partial charge is 0.250 e. The second-order valence-corrected chi connectivity index (χ2v) is 5.83. The van der Waals surface area contributed by atoms with Crippen LogP contribution in [0.4, 0.5) is 0 Å². The number of nitrogens with two attached hydrogens (primary N) is 1. The van der Waals surface area contributed by atoms with E-state index >= 15 is 0 Å². The Bertz CT molecular complexity index is 485. The highest BCUT2D eigenvalue weighted by molar-refractivity contribution is 7.89. The van der Waals surface area contributed by atoms with E-state index in [0.717, 1.165) is 6.42 Å². The first-order chi connectivity index (χ1) is 8.44. The van der Waals surface area contributed by atoms with Gasteiger partial charge >= 0.3 is 0 Å². The highest BCUT2D eigenvalue weighted by Crippen LogP contribution is 2.04. The van der Waals surface area contributed by atoms with Gasteiger partial charge in [-0.05, 0) is 12.0 Å². The summed E-state index contributed by atoms with van der Waals surface area (Å²) in [5, 5.41) is 0. The average molecular weight is 270 g/mol. The Labute approximate surface area is 107 Å². The fourth-order valence-corrected chi connectivity index (χ4v) is 2.66. The number of hydrogen-bond acceptors (Lipinski definition) is 4. The minimum atomic E-state index is -3.68. The van der Waals surface area contributed by atoms with Crippen molar-refractivity contribution in [2.45, 2.75) is 31.6 Å². The van der Waals surface area contributed by atoms with Crippen LogP contribution in [0.15, 0.2) is 30.3 Å². The average Bonchev–Trinajstić information content (AvgIpc) is 2.29. The number of nitrogens with one attached hydrogen (secondary N) is 1. The number of amides is 1. The number of carbonyl (C=O) groups is 1. The van der Waals surface area contributed by atoms with E-state index in [4.69, 9.17) is 5.73 Å². The molecule has 18 heavy (non-hydrogen) atoms. The molecular weight excluding hydrogens is 252 g/mol. The molecule has 1 aromatic carbocycles. The van der Waals surface area contributed by atoms with Crippen molar-refractivity contribution in [2.75, 3.05) is 0 Å². The van der Waals surface area contributed by atoms with Crippen molar-refractivity contribution in [1.82, 2.24) is 4.72 Å². The van der Waals surface area contributed by atoms with Gasteiger partial charge in [-0.2, -0.15) is 0 Å². The Morgan fingerprint density at radius 1 is 1.33 bits per heavy atom. The summed E-state index contributed by atoms with van der Waals surface area (Å²) in [5.74, 6) is -0.869. The molecule has 0 bridgehead atoms. The minimum Gasteiger partial charge on any atom is -0.320 e. The van der Waals surface area contributed by atoms with E-state index in [1.807, 2.05) is 11.6 Å². The van der Waals surface area contributed by atoms with Crippen LogP contribution in [0.2, 0.25) is 0 Å². The Morgan fingerprint density at radius 2 is 1.94 bits per heavy atom. The van der Waals surface area contributed by atoms with Crippen LogP contribution in [0.3, 0.4) is 0 Å². The van der Waals surface area contributed by atoms with Gasteiger partial charge in [0.15, 0.2) is 0 Å². The molecule has 1 atom stereocenters. The van der Waals surface area contributed by atoms with E-state index < -0.39 is 22.0 Å². The summed E-state index contributed by atoms with van der Waals surface area (Å²) in [6, 6.07) is 7.89. The van der Waals surface area contributed by atoms with Crippen molar-refractivity contribution in [3.05, 3.63) is 35.9 Å². The Morgan fingerprint density at radius 3 is 2.50 bits per heavy atom. The third-order valence-corrected chi connectivity index (χ3v) is 3.62. The predicted molar refractivity (Wildman–Crippen MR) is 70.1 cm³/mol. The highest BCUT2D eigenvalue weighted by Gasteiger charge is 2.19. The number of sulfonamides is 1. The normalized spacial score (nSPS) is 13.0. The lowest BCUT2D eigenvalue weighted by Gasteiger charge is -2.11. The summed E-state index contributed by atoms with van der Waals surface area (Å²) < 4.78 is 25.5. The van der Waals surface area contributed by atoms with Crippen LogP contribution in [-0.2, 0) is 20.6 Å². The van der Waals surface area contributed by atoms with Gasteiger partial charge in [0.2, 0.25) is 15.9 Å². The first-order valence-electron chi connectivity index (χ1n) is 5.78. The maximum atomic E-state index is 11.7. The van der Waals surface area contributed by atoms with Crippen LogP contribution in [-0.4, -0.2) is 20.4 Å². The van der Waals surface area contributed by atoms with Crippen molar-refractivity contribution in [3.8, 4) is 0 Å². The Kier molecular flexibility index (Phi) is 5.30. The molecule has 1 aromatic rings. The lowest BCUT2D eigenvalue weighted by molar-refractivity contribution is -0.120. The third-order valence-electron chi connectivity index (χ3n) is 2.39. The molecule has 3 N–H and O–H groups in total. The van der Waals surface area contributed by atoms with E-state index in [1.165, 1.54) is 0 Å². The molecule has 0 aliphatic rings. The molecule has 0 heterocycles. The standard InChI is InChI=1S/C12H18N2O3S/c1-2-6-11(13)12(15)14-18(16,17)9-10-7-4-3-5-8-10/h3-5,7-8,11H,2,6,9,13H2,1H3,(H,14,15)/t11-/m0/s1. The van der Waals surface area contributed by atoms with Gasteiger partial charge in [0.05, 0.1) is 11.8 Å². The summed E-state index contributed by atoms with van der Waals surface area (Å²) in [6.07, 6.45) is 1.19. The van der Waals surface area contributed by atoms with E-state index in [9.17, 15) is 13.2 Å². The van der Waals surface area contributed by atoms with Crippen LogP contribution in [0, 0.1) is 0 Å². The van der Waals surface area contributed by atoms with Crippen LogP contribution in [0.1, 0.15) is 25.3 Å². The molecule has 0 aliphatic heterocycles. The molecule has 1 rings (SSSR count). The molecule has 6 heteroatoms. The van der Waals surface area contributed by atoms with Gasteiger partial charge in [-0.3, -0.25) is 9.52 Å². The lowest BCUT2D eigenvalue weighted by atomic mass is 10.2. The summed E-state index contributed by atoms with van der Waals surface area (Å²) >= 11 is 0. The summed E-state index contributed by atoms with van der Waals surface area (Å²) in [4.78, 5) is 11.5. The van der Waals surface area contributed by atoms with Crippen LogP contribution in [0.5, 0.6) is 0 Å². The zero-order valence-corrected chi connectivity index (χ0v) is 11.1. The largest absolute Gasteiger partial charge is 0.320 e. The molecule has 0 radical (unpaired) electrons. The quantitative estimate of drug-likeness (QED) is 0.798. The van der Waals surface area contributed by atoms with E-state index in [0.29, 0.717) is 12.0 Å². The van der Waals surface area contributed by atoms with Crippen molar-refractivity contribution in [3.63, 3.8) is 0 Å². The zero-order chi connectivity index (χ0) is 13.6. The lowest BCUT2D eigenvalue weighted by Crippen LogP contribution is -2.43. The molecular formula is C12H18N2O3S. The first kappa shape index (κ1) is 14.7. The van der Waals surface area contributed by atoms with Gasteiger partial charge in [-0.25, -0.2) is 8.42 Å². The van der Waals surface area contributed by atoms with E-state index in [-0.39, 0.29) is 5.75 Å². The van der Waals surface area contributed by atoms with Gasteiger partial charge in [-0.1, -0.05) is 43.7 Å². The molecule has 0 spiro atoms. The molecule has 1 amide bonds. The molecule has 0 saturated heterocycles. The molecule has 0 aliphatic carbocycles. The first-order valence-corrected chi connectivity index (χ1v) is 7.43. The number of benzene rings is 1. The molecule has 0 aromatic heterocycles. The monoisotopic (exact) mass is 270 g/mol. The predicted octanol–water partition coefficient (Wildman–Crippen LogP) is 0.760. The van der Waals surface area contributed by atoms with Gasteiger partial charge < -0.3 is 5.73 Å². The second-order valence-electron chi connectivity index (χ2n) is 4.11. The SMILES string of the molecule is CCC[C@H](N)C(=O)NS(=O)(=O)Cc1ccccc1. The van der Waals surface area contributed by atoms with E-state index in [2.05, 4.69) is 0 Å². The van der Waals surface area contributed by atoms with Crippen LogP contribution >= 0.6 is 0 Å². The van der Waals surface area contributed by atoms with Crippen LogP contribution < -0.4 is 10.5 Å². The fraction of sp³-hybridized carbons (Fsp3) is 0.417. The Balaban J connectivity index is 2.63. The third kappa shape index (κ3) is 4.85. The fourth-order valence-electron chi connectivity index (χ4n) is 1.50. The van der Waals surface area contributed by atoms with Crippen molar-refractivity contribution in [2.24, 2.45) is 5.73 Å². The zero-order valence-electron chi connectivity index (χ0n) is 10.3. The van der Waals surface area contributed by atoms with E-state index in [1.54, 1.807) is 30.3 Å². The van der Waals surface area contributed by atoms with Crippen molar-refractivity contribution in [1.29, 1.82) is 0 Å². The molecule has 0 fully saturated rings. The number of rotatable bonds is 6. The van der Waals surface area contributed by atoms with Crippen LogP contribution in [0.25, 0.3) is 0 Å². The topological polar surface area (TPSA) is 89.3 Å². The van der Waals surface area contributed by atoms with Gasteiger partial charge in [0.1, 0.15) is 0 Å². The summed E-state index contributed by atoms with van der Waals surface area (Å²) in [7, 11) is -3.68. The molecule has 0 saturated carbocycles. The molecule has 5 nitrogen and oxygen atoms in total. The Hall–Kier alpha value is -1.40. The summed E-state index contributed by atoms with van der Waals surface area (Å²) in [6.45, 7) is 1.88. The van der Waals surface area contributed by atoms with Crippen molar-refractivity contribution >= 4 is 15.9 Å². The molecule has 100 valence electrons. The minimum absolute atomic E-state index is 0.224. The maximum absolute atomic E-state index is 11.7. The maximum Gasteiger partial charge on any atom is 0.250 e. The second kappa shape index (κ2) is 6.51. The van der Waals surface area contributed by atoms with Gasteiger partial charge in [-0.15, -0.1) is 0 Å². The van der Waals surface area contributed by atoms with Gasteiger partial charge in [0, 0.05) is 0 Å². The van der Waals surface area contributed by atoms with Crippen molar-refractivity contribution < 1.29 is 13.2 Å². The number of carbonyl (C=O) groups excluding carboxylic acids is 1. The summed E-state index contributed by atoms with van der Waals surface area (Å²) in [5.41, 5.74) is 6.18. The van der Waals surface area contributed by atoms with Gasteiger partial charge in [0.25, 0.3) is 0 Å².